The highest BCUT2D eigenvalue weighted by Crippen LogP contribution is 2.06. The molecule has 0 fully saturated rings. The van der Waals surface area contributed by atoms with Gasteiger partial charge in [-0.05, 0) is 5.56 Å². The first-order valence-corrected chi connectivity index (χ1v) is 6.56. The van der Waals surface area contributed by atoms with Crippen LogP contribution in [0.3, 0.4) is 0 Å². The minimum Gasteiger partial charge on any atom is -0.198 e. The van der Waals surface area contributed by atoms with Crippen LogP contribution in [-0.2, 0) is 16.8 Å². The molecule has 0 bridgehead atoms. The van der Waals surface area contributed by atoms with Gasteiger partial charge in [0.2, 0.25) is 0 Å². The first-order chi connectivity index (χ1) is 7.68. The van der Waals surface area contributed by atoms with Gasteiger partial charge in [-0.25, -0.2) is 0 Å². The van der Waals surface area contributed by atoms with Crippen molar-refractivity contribution < 1.29 is 8.42 Å². The predicted molar refractivity (Wildman–Crippen MR) is 62.9 cm³/mol. The minimum atomic E-state index is -3.34. The highest BCUT2D eigenvalue weighted by molar-refractivity contribution is 7.87. The Morgan fingerprint density at radius 3 is 2.38 bits per heavy atom. The molecule has 1 aliphatic rings. The van der Waals surface area contributed by atoms with E-state index in [2.05, 4.69) is 4.72 Å². The lowest BCUT2D eigenvalue weighted by atomic mass is 10.2. The van der Waals surface area contributed by atoms with Crippen molar-refractivity contribution in [1.29, 1.82) is 0 Å². The van der Waals surface area contributed by atoms with Gasteiger partial charge >= 0.3 is 0 Å². The van der Waals surface area contributed by atoms with E-state index < -0.39 is 10.2 Å². The van der Waals surface area contributed by atoms with Gasteiger partial charge < -0.3 is 0 Å². The monoisotopic (exact) mass is 238 g/mol. The summed E-state index contributed by atoms with van der Waals surface area (Å²) in [5, 5.41) is 0. The largest absolute Gasteiger partial charge is 0.280 e. The lowest BCUT2D eigenvalue weighted by Crippen LogP contribution is -2.38. The second-order valence-electron chi connectivity index (χ2n) is 3.60. The molecule has 1 heterocycles. The van der Waals surface area contributed by atoms with Crippen molar-refractivity contribution in [3.05, 3.63) is 48.0 Å². The van der Waals surface area contributed by atoms with Gasteiger partial charge in [0, 0.05) is 19.6 Å². The average molecular weight is 238 g/mol. The summed E-state index contributed by atoms with van der Waals surface area (Å²) in [6.07, 6.45) is 3.70. The molecule has 16 heavy (non-hydrogen) atoms. The van der Waals surface area contributed by atoms with Crippen LogP contribution in [0.25, 0.3) is 0 Å². The van der Waals surface area contributed by atoms with Crippen LogP contribution in [0.15, 0.2) is 42.5 Å². The zero-order chi connectivity index (χ0) is 11.4. The molecule has 0 aliphatic carbocycles. The van der Waals surface area contributed by atoms with Crippen molar-refractivity contribution >= 4 is 10.2 Å². The fraction of sp³-hybridized carbons (Fsp3) is 0.273. The Bertz CT molecular complexity index is 460. The van der Waals surface area contributed by atoms with Gasteiger partial charge in [-0.1, -0.05) is 42.5 Å². The third kappa shape index (κ3) is 2.69. The topological polar surface area (TPSA) is 49.4 Å². The van der Waals surface area contributed by atoms with Crippen LogP contribution in [0.2, 0.25) is 0 Å². The van der Waals surface area contributed by atoms with E-state index >= 15 is 0 Å². The zero-order valence-corrected chi connectivity index (χ0v) is 9.65. The van der Waals surface area contributed by atoms with Crippen molar-refractivity contribution in [3.8, 4) is 0 Å². The van der Waals surface area contributed by atoms with Crippen LogP contribution in [-0.4, -0.2) is 25.8 Å². The van der Waals surface area contributed by atoms with Gasteiger partial charge in [0.15, 0.2) is 0 Å². The van der Waals surface area contributed by atoms with Gasteiger partial charge in [0.05, 0.1) is 0 Å². The highest BCUT2D eigenvalue weighted by Gasteiger charge is 2.21. The summed E-state index contributed by atoms with van der Waals surface area (Å²) < 4.78 is 27.5. The molecule has 1 aromatic rings. The molecule has 0 amide bonds. The van der Waals surface area contributed by atoms with Crippen LogP contribution >= 0.6 is 0 Å². The Kier molecular flexibility index (Phi) is 3.38. The summed E-state index contributed by atoms with van der Waals surface area (Å²) in [4.78, 5) is 0. The van der Waals surface area contributed by atoms with Crippen molar-refractivity contribution in [2.45, 2.75) is 6.54 Å². The summed E-state index contributed by atoms with van der Waals surface area (Å²) in [5.41, 5.74) is 0.957. The first kappa shape index (κ1) is 11.3. The van der Waals surface area contributed by atoms with E-state index in [4.69, 9.17) is 0 Å². The molecule has 1 aliphatic heterocycles. The number of nitrogens with zero attached hydrogens (tertiary/aromatic N) is 1. The van der Waals surface area contributed by atoms with Crippen LogP contribution in [0, 0.1) is 0 Å². The molecule has 86 valence electrons. The van der Waals surface area contributed by atoms with Gasteiger partial charge in [-0.2, -0.15) is 17.4 Å². The van der Waals surface area contributed by atoms with Gasteiger partial charge in [0.1, 0.15) is 0 Å². The summed E-state index contributed by atoms with van der Waals surface area (Å²) in [6.45, 7) is 1.26. The molecule has 0 saturated heterocycles. The molecule has 0 spiro atoms. The Balaban J connectivity index is 1.95. The van der Waals surface area contributed by atoms with Crippen LogP contribution < -0.4 is 4.72 Å². The quantitative estimate of drug-likeness (QED) is 0.792. The van der Waals surface area contributed by atoms with Gasteiger partial charge in [-0.15, -0.1) is 0 Å². The second kappa shape index (κ2) is 4.78. The van der Waals surface area contributed by atoms with Gasteiger partial charge in [-0.3, -0.25) is 0 Å². The Labute approximate surface area is 95.8 Å². The third-order valence-corrected chi connectivity index (χ3v) is 3.91. The molecule has 0 aromatic heterocycles. The molecule has 1 aromatic carbocycles. The SMILES string of the molecule is O=S(=O)(NCc1ccccc1)N1CC=CC1. The molecule has 1 N–H and O–H groups in total. The van der Waals surface area contributed by atoms with Crippen LogP contribution in [0.4, 0.5) is 0 Å². The van der Waals surface area contributed by atoms with E-state index in [0.29, 0.717) is 19.6 Å². The fourth-order valence-corrected chi connectivity index (χ4v) is 2.61. The number of benzene rings is 1. The van der Waals surface area contributed by atoms with E-state index in [1.54, 1.807) is 0 Å². The van der Waals surface area contributed by atoms with E-state index in [-0.39, 0.29) is 0 Å². The highest BCUT2D eigenvalue weighted by atomic mass is 32.2. The lowest BCUT2D eigenvalue weighted by molar-refractivity contribution is 0.474. The molecule has 0 atom stereocenters. The maximum absolute atomic E-state index is 11.8. The fourth-order valence-electron chi connectivity index (χ4n) is 1.52. The number of hydrogen-bond donors (Lipinski definition) is 1. The van der Waals surface area contributed by atoms with Crippen molar-refractivity contribution in [2.24, 2.45) is 0 Å². The van der Waals surface area contributed by atoms with Crippen molar-refractivity contribution in [2.75, 3.05) is 13.1 Å². The Morgan fingerprint density at radius 1 is 1.12 bits per heavy atom. The van der Waals surface area contributed by atoms with Crippen molar-refractivity contribution in [1.82, 2.24) is 9.03 Å². The van der Waals surface area contributed by atoms with E-state index in [1.807, 2.05) is 42.5 Å². The maximum Gasteiger partial charge on any atom is 0.280 e. The molecular weight excluding hydrogens is 224 g/mol. The zero-order valence-electron chi connectivity index (χ0n) is 8.83. The smallest absolute Gasteiger partial charge is 0.198 e. The van der Waals surface area contributed by atoms with E-state index in [0.717, 1.165) is 5.56 Å². The average Bonchev–Trinajstić information content (AvgIpc) is 2.82. The number of hydrogen-bond acceptors (Lipinski definition) is 2. The van der Waals surface area contributed by atoms with E-state index in [9.17, 15) is 8.42 Å². The summed E-state index contributed by atoms with van der Waals surface area (Å²) >= 11 is 0. The summed E-state index contributed by atoms with van der Waals surface area (Å²) in [7, 11) is -3.34. The standard InChI is InChI=1S/C11H14N2O2S/c14-16(15,13-8-4-5-9-13)12-10-11-6-2-1-3-7-11/h1-7,12H,8-10H2. The van der Waals surface area contributed by atoms with Crippen molar-refractivity contribution in [3.63, 3.8) is 0 Å². The second-order valence-corrected chi connectivity index (χ2v) is 5.36. The van der Waals surface area contributed by atoms with Gasteiger partial charge in [0.25, 0.3) is 10.2 Å². The summed E-state index contributed by atoms with van der Waals surface area (Å²) in [5.74, 6) is 0. The Hall–Kier alpha value is -1.17. The molecular formula is C11H14N2O2S. The van der Waals surface area contributed by atoms with Crippen LogP contribution in [0.1, 0.15) is 5.56 Å². The summed E-state index contributed by atoms with van der Waals surface area (Å²) in [6, 6.07) is 9.47. The first-order valence-electron chi connectivity index (χ1n) is 5.12. The third-order valence-electron chi connectivity index (χ3n) is 2.43. The number of rotatable bonds is 4. The maximum atomic E-state index is 11.8. The normalized spacial score (nSPS) is 16.8. The molecule has 0 radical (unpaired) electrons. The van der Waals surface area contributed by atoms with Crippen LogP contribution in [0.5, 0.6) is 0 Å². The predicted octanol–water partition coefficient (Wildman–Crippen LogP) is 0.893. The molecule has 5 heteroatoms. The number of nitrogens with one attached hydrogen (secondary N) is 1. The Morgan fingerprint density at radius 2 is 1.75 bits per heavy atom. The minimum absolute atomic E-state index is 0.333. The molecule has 2 rings (SSSR count). The molecule has 0 saturated carbocycles. The molecule has 4 nitrogen and oxygen atoms in total. The lowest BCUT2D eigenvalue weighted by Gasteiger charge is -2.16. The molecule has 0 unspecified atom stereocenters. The van der Waals surface area contributed by atoms with E-state index in [1.165, 1.54) is 4.31 Å².